The number of aryl methyl sites for hydroxylation is 1. The number of hydrogen-bond donors (Lipinski definition) is 0. The molecule has 102 valence electrons. The zero-order valence-electron chi connectivity index (χ0n) is 10.7. The Labute approximate surface area is 113 Å². The van der Waals surface area contributed by atoms with Crippen LogP contribution in [0.3, 0.4) is 0 Å². The van der Waals surface area contributed by atoms with Crippen LogP contribution >= 0.6 is 0 Å². The van der Waals surface area contributed by atoms with Gasteiger partial charge in [0.25, 0.3) is 0 Å². The van der Waals surface area contributed by atoms with Gasteiger partial charge in [-0.05, 0) is 24.1 Å². The molecule has 0 spiro atoms. The van der Waals surface area contributed by atoms with Crippen molar-refractivity contribution in [3.8, 4) is 5.75 Å². The third kappa shape index (κ3) is 2.37. The fourth-order valence-corrected chi connectivity index (χ4v) is 1.96. The van der Waals surface area contributed by atoms with Crippen molar-refractivity contribution >= 4 is 11.0 Å². The third-order valence-electron chi connectivity index (χ3n) is 2.91. The number of benzene rings is 1. The molecule has 2 aromatic heterocycles. The second-order valence-electron chi connectivity index (χ2n) is 4.19. The van der Waals surface area contributed by atoms with Crippen LogP contribution in [-0.2, 0) is 13.0 Å². The normalized spacial score (nSPS) is 10.8. The predicted octanol–water partition coefficient (Wildman–Crippen LogP) is 1.08. The smallest absolute Gasteiger partial charge is 0.336 e. The number of tetrazole rings is 1. The molecule has 0 bridgehead atoms. The van der Waals surface area contributed by atoms with Gasteiger partial charge in [-0.3, -0.25) is 10.3 Å². The third-order valence-corrected chi connectivity index (χ3v) is 2.91. The summed E-state index contributed by atoms with van der Waals surface area (Å²) in [6.45, 7) is 2.15. The summed E-state index contributed by atoms with van der Waals surface area (Å²) in [5.41, 5.74) is 1.10. The van der Waals surface area contributed by atoms with Crippen LogP contribution in [0.5, 0.6) is 5.75 Å². The molecule has 20 heavy (non-hydrogen) atoms. The van der Waals surface area contributed by atoms with Gasteiger partial charge in [-0.25, -0.2) is 4.79 Å². The predicted molar refractivity (Wildman–Crippen MR) is 69.3 cm³/mol. The lowest BCUT2D eigenvalue weighted by molar-refractivity contribution is 0.295. The average molecular weight is 271 g/mol. The van der Waals surface area contributed by atoms with E-state index < -0.39 is 0 Å². The summed E-state index contributed by atoms with van der Waals surface area (Å²) < 4.78 is 10.7. The van der Waals surface area contributed by atoms with Gasteiger partial charge in [0.15, 0.2) is 0 Å². The van der Waals surface area contributed by atoms with E-state index >= 15 is 0 Å². The minimum atomic E-state index is -0.362. The van der Waals surface area contributed by atoms with Gasteiger partial charge in [-0.2, -0.15) is 5.21 Å². The molecule has 0 unspecified atom stereocenters. The maximum absolute atomic E-state index is 11.5. The summed E-state index contributed by atoms with van der Waals surface area (Å²) in [6, 6.07) is 6.87. The molecule has 1 aromatic carbocycles. The molecule has 0 atom stereocenters. The molecule has 7 nitrogen and oxygen atoms in total. The zero-order chi connectivity index (χ0) is 13.9. The Hall–Kier alpha value is -2.70. The van der Waals surface area contributed by atoms with Gasteiger partial charge in [-0.15, -0.1) is 0 Å². The van der Waals surface area contributed by atoms with Crippen molar-refractivity contribution in [1.29, 1.82) is 0 Å². The number of ether oxygens (including phenoxy) is 1. The van der Waals surface area contributed by atoms with Crippen molar-refractivity contribution in [1.82, 2.24) is 20.6 Å². The van der Waals surface area contributed by atoms with Crippen LogP contribution in [0.1, 0.15) is 18.3 Å². The molecule has 0 saturated carbocycles. The van der Waals surface area contributed by atoms with E-state index in [1.165, 1.54) is 6.07 Å². The maximum Gasteiger partial charge on any atom is 0.336 e. The molecule has 0 radical (unpaired) electrons. The molecule has 0 aliphatic rings. The summed E-state index contributed by atoms with van der Waals surface area (Å²) in [6.07, 6.45) is 0.765. The summed E-state index contributed by atoms with van der Waals surface area (Å²) in [5, 5.41) is 15.0. The first-order valence-corrected chi connectivity index (χ1v) is 6.13. The van der Waals surface area contributed by atoms with Crippen molar-refractivity contribution in [2.24, 2.45) is 0 Å². The van der Waals surface area contributed by atoms with E-state index in [1.54, 1.807) is 6.07 Å². The quantitative estimate of drug-likeness (QED) is 0.655. The van der Waals surface area contributed by atoms with Crippen LogP contribution < -0.4 is 15.5 Å². The van der Waals surface area contributed by atoms with Crippen molar-refractivity contribution < 1.29 is 9.15 Å². The Morgan fingerprint density at radius 1 is 1.35 bits per heavy atom. The first-order chi connectivity index (χ1) is 9.76. The molecular formula is C13H11N4O3-. The van der Waals surface area contributed by atoms with E-state index in [0.717, 1.165) is 17.4 Å². The fraction of sp³-hybridized carbons (Fsp3) is 0.231. The van der Waals surface area contributed by atoms with Crippen molar-refractivity contribution in [2.45, 2.75) is 20.0 Å². The van der Waals surface area contributed by atoms with Crippen molar-refractivity contribution in [2.75, 3.05) is 0 Å². The second kappa shape index (κ2) is 5.12. The van der Waals surface area contributed by atoms with Gasteiger partial charge in [0.1, 0.15) is 17.9 Å². The standard InChI is InChI=1S/C13H11N4O3/c1-2-8-5-13(18)20-11-6-9(3-4-10(8)11)19-7-12-14-16-17-15-12/h3-6H,2,7H2,1H3/q-1. The number of rotatable bonds is 4. The number of aromatic nitrogens is 4. The maximum atomic E-state index is 11.5. The highest BCUT2D eigenvalue weighted by Gasteiger charge is 2.05. The van der Waals surface area contributed by atoms with Crippen LogP contribution in [0, 0.1) is 0 Å². The minimum absolute atomic E-state index is 0.163. The largest absolute Gasteiger partial charge is 0.488 e. The summed E-state index contributed by atoms with van der Waals surface area (Å²) in [4.78, 5) is 11.5. The number of hydrogen-bond acceptors (Lipinski definition) is 6. The fourth-order valence-electron chi connectivity index (χ4n) is 1.96. The topological polar surface area (TPSA) is 92.2 Å². The SMILES string of the molecule is CCc1cc(=O)oc2cc(OCc3nnn[n-]3)ccc12. The van der Waals surface area contributed by atoms with Gasteiger partial charge >= 0.3 is 5.63 Å². The van der Waals surface area contributed by atoms with Crippen LogP contribution in [0.2, 0.25) is 0 Å². The molecule has 3 aromatic rings. The van der Waals surface area contributed by atoms with E-state index in [2.05, 4.69) is 20.6 Å². The average Bonchev–Trinajstić information content (AvgIpc) is 2.97. The van der Waals surface area contributed by atoms with Crippen molar-refractivity contribution in [3.63, 3.8) is 0 Å². The van der Waals surface area contributed by atoms with Gasteiger partial charge in [0, 0.05) is 23.3 Å². The van der Waals surface area contributed by atoms with Crippen LogP contribution in [0.15, 0.2) is 33.5 Å². The van der Waals surface area contributed by atoms with Crippen molar-refractivity contribution in [3.05, 3.63) is 46.1 Å². The van der Waals surface area contributed by atoms with Gasteiger partial charge in [-0.1, -0.05) is 6.92 Å². The first-order valence-electron chi connectivity index (χ1n) is 6.13. The number of nitrogens with zero attached hydrogens (tertiary/aromatic N) is 4. The highest BCUT2D eigenvalue weighted by atomic mass is 16.5. The molecule has 2 heterocycles. The molecule has 0 N–H and O–H groups in total. The van der Waals surface area contributed by atoms with Crippen LogP contribution in [0.25, 0.3) is 11.0 Å². The molecule has 0 amide bonds. The monoisotopic (exact) mass is 271 g/mol. The van der Waals surface area contributed by atoms with E-state index in [9.17, 15) is 4.79 Å². The summed E-state index contributed by atoms with van der Waals surface area (Å²) in [7, 11) is 0. The Balaban J connectivity index is 1.92. The molecule has 0 saturated heterocycles. The highest BCUT2D eigenvalue weighted by molar-refractivity contribution is 5.81. The lowest BCUT2D eigenvalue weighted by Crippen LogP contribution is -2.01. The molecule has 0 aliphatic carbocycles. The van der Waals surface area contributed by atoms with Gasteiger partial charge < -0.3 is 14.3 Å². The molecule has 0 aliphatic heterocycles. The van der Waals surface area contributed by atoms with Gasteiger partial charge in [0.2, 0.25) is 0 Å². The molecular weight excluding hydrogens is 260 g/mol. The van der Waals surface area contributed by atoms with Crippen LogP contribution in [0.4, 0.5) is 0 Å². The van der Waals surface area contributed by atoms with Crippen LogP contribution in [-0.4, -0.2) is 15.5 Å². The second-order valence-corrected chi connectivity index (χ2v) is 4.19. The van der Waals surface area contributed by atoms with Gasteiger partial charge in [0.05, 0.1) is 0 Å². The summed E-state index contributed by atoms with van der Waals surface area (Å²) in [5.74, 6) is 0.965. The Kier molecular flexibility index (Phi) is 3.16. The lowest BCUT2D eigenvalue weighted by Gasteiger charge is -2.07. The van der Waals surface area contributed by atoms with E-state index in [4.69, 9.17) is 9.15 Å². The summed E-state index contributed by atoms with van der Waals surface area (Å²) >= 11 is 0. The number of fused-ring (bicyclic) bond motifs is 1. The van der Waals surface area contributed by atoms with E-state index in [-0.39, 0.29) is 12.2 Å². The minimum Gasteiger partial charge on any atom is -0.488 e. The molecule has 7 heteroatoms. The molecule has 3 rings (SSSR count). The first kappa shape index (κ1) is 12.3. The van der Waals surface area contributed by atoms with E-state index in [1.807, 2.05) is 19.1 Å². The highest BCUT2D eigenvalue weighted by Crippen LogP contribution is 2.23. The zero-order valence-corrected chi connectivity index (χ0v) is 10.7. The lowest BCUT2D eigenvalue weighted by atomic mass is 10.1. The molecule has 0 fully saturated rings. The van der Waals surface area contributed by atoms with E-state index in [0.29, 0.717) is 17.2 Å². The Morgan fingerprint density at radius 2 is 2.25 bits per heavy atom. The Bertz CT molecular complexity index is 780. The Morgan fingerprint density at radius 3 is 3.00 bits per heavy atom.